The maximum Gasteiger partial charge on any atom is 0.254 e. The summed E-state index contributed by atoms with van der Waals surface area (Å²) >= 11 is 5.12. The van der Waals surface area contributed by atoms with Gasteiger partial charge in [-0.25, -0.2) is 4.98 Å². The van der Waals surface area contributed by atoms with Crippen molar-refractivity contribution in [1.82, 2.24) is 15.3 Å². The first-order valence-corrected chi connectivity index (χ1v) is 8.44. The van der Waals surface area contributed by atoms with Crippen molar-refractivity contribution in [3.63, 3.8) is 0 Å². The zero-order chi connectivity index (χ0) is 17.5. The van der Waals surface area contributed by atoms with E-state index >= 15 is 0 Å². The van der Waals surface area contributed by atoms with Crippen molar-refractivity contribution in [2.24, 2.45) is 5.92 Å². The highest BCUT2D eigenvalue weighted by atomic mass is 32.1. The van der Waals surface area contributed by atoms with E-state index in [2.05, 4.69) is 29.1 Å². The average molecular weight is 345 g/mol. The van der Waals surface area contributed by atoms with Crippen LogP contribution in [0.1, 0.15) is 43.1 Å². The molecule has 2 N–H and O–H groups in total. The number of rotatable bonds is 7. The highest BCUT2D eigenvalue weighted by molar-refractivity contribution is 7.71. The van der Waals surface area contributed by atoms with Crippen LogP contribution in [-0.4, -0.2) is 22.0 Å². The van der Waals surface area contributed by atoms with Crippen molar-refractivity contribution in [3.8, 4) is 5.88 Å². The van der Waals surface area contributed by atoms with E-state index in [1.807, 2.05) is 19.1 Å². The molecule has 0 aliphatic rings. The first-order chi connectivity index (χ1) is 11.5. The van der Waals surface area contributed by atoms with Gasteiger partial charge in [-0.05, 0) is 43.0 Å². The quantitative estimate of drug-likeness (QED) is 0.747. The Bertz CT molecular complexity index is 743. The van der Waals surface area contributed by atoms with Crippen LogP contribution in [-0.2, 0) is 6.54 Å². The van der Waals surface area contributed by atoms with E-state index in [1.165, 1.54) is 0 Å². The first-order valence-electron chi connectivity index (χ1n) is 8.03. The molecule has 0 radical (unpaired) electrons. The van der Waals surface area contributed by atoms with Crippen molar-refractivity contribution in [3.05, 3.63) is 52.4 Å². The first kappa shape index (κ1) is 18.1. The van der Waals surface area contributed by atoms with Gasteiger partial charge in [0.25, 0.3) is 5.91 Å². The lowest BCUT2D eigenvalue weighted by Gasteiger charge is -2.16. The van der Waals surface area contributed by atoms with Crippen molar-refractivity contribution in [2.45, 2.75) is 39.8 Å². The molecule has 0 spiro atoms. The summed E-state index contributed by atoms with van der Waals surface area (Å²) in [5, 5.41) is 2.86. The molecular formula is C18H23N3O2S. The molecule has 24 heavy (non-hydrogen) atoms. The van der Waals surface area contributed by atoms with E-state index in [4.69, 9.17) is 17.0 Å². The molecule has 2 aromatic heterocycles. The lowest BCUT2D eigenvalue weighted by molar-refractivity contribution is 0.0950. The highest BCUT2D eigenvalue weighted by Crippen LogP contribution is 2.15. The van der Waals surface area contributed by atoms with Crippen molar-refractivity contribution in [1.29, 1.82) is 0 Å². The van der Waals surface area contributed by atoms with Crippen molar-refractivity contribution in [2.75, 3.05) is 0 Å². The minimum Gasteiger partial charge on any atom is -0.475 e. The number of nitrogens with one attached hydrogen (secondary N) is 2. The molecule has 0 saturated heterocycles. The summed E-state index contributed by atoms with van der Waals surface area (Å²) in [4.78, 5) is 19.3. The van der Waals surface area contributed by atoms with Gasteiger partial charge < -0.3 is 15.0 Å². The normalized spacial score (nSPS) is 12.0. The van der Waals surface area contributed by atoms with Gasteiger partial charge in [-0.2, -0.15) is 0 Å². The lowest BCUT2D eigenvalue weighted by atomic mass is 10.1. The molecule has 5 nitrogen and oxygen atoms in total. The molecule has 0 unspecified atom stereocenters. The minimum absolute atomic E-state index is 0.102. The van der Waals surface area contributed by atoms with Crippen LogP contribution in [0.25, 0.3) is 0 Å². The Hall–Kier alpha value is -2.21. The van der Waals surface area contributed by atoms with Crippen LogP contribution >= 0.6 is 12.2 Å². The molecule has 2 heterocycles. The van der Waals surface area contributed by atoms with Gasteiger partial charge in [0.15, 0.2) is 0 Å². The van der Waals surface area contributed by atoms with Gasteiger partial charge in [-0.3, -0.25) is 4.79 Å². The SMILES string of the molecule is CC(C)C[C@@H](C)Oc1cc(CNC(=O)c2ccc[nH]c2=S)ccn1. The summed E-state index contributed by atoms with van der Waals surface area (Å²) in [7, 11) is 0. The maximum absolute atomic E-state index is 12.2. The van der Waals surface area contributed by atoms with Crippen LogP contribution in [0.3, 0.4) is 0 Å². The van der Waals surface area contributed by atoms with E-state index in [1.54, 1.807) is 24.5 Å². The fourth-order valence-corrected chi connectivity index (χ4v) is 2.65. The lowest BCUT2D eigenvalue weighted by Crippen LogP contribution is -2.23. The number of carbonyl (C=O) groups is 1. The summed E-state index contributed by atoms with van der Waals surface area (Å²) in [5.41, 5.74) is 1.39. The monoisotopic (exact) mass is 345 g/mol. The molecule has 0 aromatic carbocycles. The standard InChI is InChI=1S/C18H23N3O2S/c1-12(2)9-13(3)23-16-10-14(6-8-19-16)11-21-17(22)15-5-4-7-20-18(15)24/h4-8,10,12-13H,9,11H2,1-3H3,(H,20,24)(H,21,22)/t13-/m1/s1. The Morgan fingerprint density at radius 1 is 1.38 bits per heavy atom. The molecule has 128 valence electrons. The van der Waals surface area contributed by atoms with E-state index in [0.717, 1.165) is 12.0 Å². The second kappa shape index (κ2) is 8.59. The van der Waals surface area contributed by atoms with Crippen LogP contribution in [0.2, 0.25) is 0 Å². The fourth-order valence-electron chi connectivity index (χ4n) is 2.42. The van der Waals surface area contributed by atoms with Gasteiger partial charge in [0.2, 0.25) is 5.88 Å². The van der Waals surface area contributed by atoms with Crippen molar-refractivity contribution < 1.29 is 9.53 Å². The third-order valence-electron chi connectivity index (χ3n) is 3.44. The Morgan fingerprint density at radius 2 is 2.17 bits per heavy atom. The molecule has 0 aliphatic carbocycles. The number of carbonyl (C=O) groups excluding carboxylic acids is 1. The fraction of sp³-hybridized carbons (Fsp3) is 0.389. The van der Waals surface area contributed by atoms with Crippen molar-refractivity contribution >= 4 is 18.1 Å². The molecule has 1 amide bonds. The van der Waals surface area contributed by atoms with Gasteiger partial charge in [-0.1, -0.05) is 26.1 Å². The van der Waals surface area contributed by atoms with Gasteiger partial charge in [-0.15, -0.1) is 0 Å². The zero-order valence-electron chi connectivity index (χ0n) is 14.2. The number of nitrogens with zero attached hydrogens (tertiary/aromatic N) is 1. The molecule has 0 saturated carbocycles. The minimum atomic E-state index is -0.204. The molecular weight excluding hydrogens is 322 g/mol. The van der Waals surface area contributed by atoms with Crippen LogP contribution < -0.4 is 10.1 Å². The highest BCUT2D eigenvalue weighted by Gasteiger charge is 2.10. The third kappa shape index (κ3) is 5.45. The number of amides is 1. The van der Waals surface area contributed by atoms with Crippen LogP contribution in [0.4, 0.5) is 0 Å². The van der Waals surface area contributed by atoms with Crippen LogP contribution in [0.15, 0.2) is 36.7 Å². The van der Waals surface area contributed by atoms with Gasteiger partial charge in [0, 0.05) is 25.0 Å². The molecule has 0 aliphatic heterocycles. The van der Waals surface area contributed by atoms with Crippen LogP contribution in [0, 0.1) is 10.6 Å². The van der Waals surface area contributed by atoms with Gasteiger partial charge in [0.1, 0.15) is 4.64 Å². The Kier molecular flexibility index (Phi) is 6.49. The predicted molar refractivity (Wildman–Crippen MR) is 96.6 cm³/mol. The molecule has 0 bridgehead atoms. The number of hydrogen-bond donors (Lipinski definition) is 2. The summed E-state index contributed by atoms with van der Waals surface area (Å²) in [6, 6.07) is 7.15. The number of ether oxygens (including phenoxy) is 1. The summed E-state index contributed by atoms with van der Waals surface area (Å²) in [5.74, 6) is 0.939. The van der Waals surface area contributed by atoms with E-state index in [0.29, 0.717) is 28.5 Å². The van der Waals surface area contributed by atoms with Gasteiger partial charge >= 0.3 is 0 Å². The number of H-pyrrole nitrogens is 1. The van der Waals surface area contributed by atoms with Gasteiger partial charge in [0.05, 0.1) is 11.7 Å². The predicted octanol–water partition coefficient (Wildman–Crippen LogP) is 3.88. The third-order valence-corrected chi connectivity index (χ3v) is 3.78. The Morgan fingerprint density at radius 3 is 2.88 bits per heavy atom. The summed E-state index contributed by atoms with van der Waals surface area (Å²) in [6.07, 6.45) is 4.46. The largest absolute Gasteiger partial charge is 0.475 e. The Labute approximate surface area is 147 Å². The average Bonchev–Trinajstić information content (AvgIpc) is 2.52. The number of aromatic amines is 1. The second-order valence-electron chi connectivity index (χ2n) is 6.16. The molecule has 2 rings (SSSR count). The molecule has 6 heteroatoms. The second-order valence-corrected chi connectivity index (χ2v) is 6.56. The topological polar surface area (TPSA) is 67.0 Å². The molecule has 0 fully saturated rings. The number of pyridine rings is 2. The smallest absolute Gasteiger partial charge is 0.254 e. The van der Waals surface area contributed by atoms with E-state index in [-0.39, 0.29) is 12.0 Å². The summed E-state index contributed by atoms with van der Waals surface area (Å²) < 4.78 is 6.26. The van der Waals surface area contributed by atoms with Crippen LogP contribution in [0.5, 0.6) is 5.88 Å². The Balaban J connectivity index is 1.96. The number of hydrogen-bond acceptors (Lipinski definition) is 4. The zero-order valence-corrected chi connectivity index (χ0v) is 15.0. The molecule has 1 atom stereocenters. The maximum atomic E-state index is 12.2. The summed E-state index contributed by atoms with van der Waals surface area (Å²) in [6.45, 7) is 6.74. The number of aromatic nitrogens is 2. The van der Waals surface area contributed by atoms with E-state index < -0.39 is 0 Å². The molecule has 2 aromatic rings. The van der Waals surface area contributed by atoms with E-state index in [9.17, 15) is 4.79 Å².